The highest BCUT2D eigenvalue weighted by molar-refractivity contribution is 7.10. The second-order valence-corrected chi connectivity index (χ2v) is 7.78. The molecule has 4 amide bonds. The topological polar surface area (TPSA) is 70.2 Å². The van der Waals surface area contributed by atoms with Gasteiger partial charge in [-0.2, -0.15) is 0 Å². The van der Waals surface area contributed by atoms with Crippen LogP contribution < -0.4 is 9.64 Å². The Morgan fingerprint density at radius 3 is 2.54 bits per heavy atom. The molecule has 1 fully saturated rings. The molecule has 0 radical (unpaired) electrons. The summed E-state index contributed by atoms with van der Waals surface area (Å²) in [7, 11) is 1.54. The van der Waals surface area contributed by atoms with Crippen molar-refractivity contribution >= 4 is 34.9 Å². The summed E-state index contributed by atoms with van der Waals surface area (Å²) in [6.07, 6.45) is 1.76. The highest BCUT2D eigenvalue weighted by Gasteiger charge is 2.46. The molecule has 0 saturated carbocycles. The maximum atomic E-state index is 12.9. The number of carbonyl (C=O) groups is 3. The molecule has 1 atom stereocenters. The lowest BCUT2D eigenvalue weighted by molar-refractivity contribution is -0.140. The van der Waals surface area contributed by atoms with Gasteiger partial charge in [-0.3, -0.25) is 14.5 Å². The number of methoxy groups -OCH3 is 1. The number of ether oxygens (including phenoxy) is 1. The standard InChI is InChI=1S/C20H21N3O4S/c1-3-16-15-9-11-28-17(15)8-10-21(16)12-22-18(24)19(25)23(20(22)26)13-4-6-14(27-2)7-5-13/h4-7,9,11,16H,3,8,10,12H2,1-2H3/t16-/m1/s1. The average Bonchev–Trinajstić information content (AvgIpc) is 3.27. The van der Waals surface area contributed by atoms with Crippen LogP contribution in [0, 0.1) is 0 Å². The Morgan fingerprint density at radius 1 is 1.11 bits per heavy atom. The third-order valence-electron chi connectivity index (χ3n) is 5.30. The summed E-state index contributed by atoms with van der Waals surface area (Å²) in [5.41, 5.74) is 1.62. The maximum absolute atomic E-state index is 12.9. The van der Waals surface area contributed by atoms with Gasteiger partial charge in [0, 0.05) is 17.5 Å². The lowest BCUT2D eigenvalue weighted by atomic mass is 9.98. The third kappa shape index (κ3) is 2.98. The summed E-state index contributed by atoms with van der Waals surface area (Å²) >= 11 is 1.74. The highest BCUT2D eigenvalue weighted by atomic mass is 32.1. The Kier molecular flexibility index (Phi) is 4.91. The van der Waals surface area contributed by atoms with E-state index in [1.54, 1.807) is 35.6 Å². The average molecular weight is 399 g/mol. The van der Waals surface area contributed by atoms with Crippen molar-refractivity contribution in [2.75, 3.05) is 25.2 Å². The van der Waals surface area contributed by atoms with Crippen LogP contribution in [-0.2, 0) is 16.0 Å². The van der Waals surface area contributed by atoms with E-state index in [-0.39, 0.29) is 12.7 Å². The number of thiophene rings is 1. The van der Waals surface area contributed by atoms with Crippen LogP contribution >= 0.6 is 11.3 Å². The summed E-state index contributed by atoms with van der Waals surface area (Å²) < 4.78 is 5.10. The number of fused-ring (bicyclic) bond motifs is 1. The van der Waals surface area contributed by atoms with Gasteiger partial charge in [-0.05, 0) is 54.1 Å². The summed E-state index contributed by atoms with van der Waals surface area (Å²) in [6, 6.07) is 8.14. The smallest absolute Gasteiger partial charge is 0.340 e. The zero-order valence-electron chi connectivity index (χ0n) is 15.8. The number of urea groups is 1. The van der Waals surface area contributed by atoms with Crippen LogP contribution in [0.4, 0.5) is 10.5 Å². The van der Waals surface area contributed by atoms with E-state index in [0.29, 0.717) is 11.4 Å². The number of hydrogen-bond donors (Lipinski definition) is 0. The van der Waals surface area contributed by atoms with Crippen molar-refractivity contribution < 1.29 is 19.1 Å². The van der Waals surface area contributed by atoms with Gasteiger partial charge in [-0.25, -0.2) is 14.6 Å². The molecule has 1 aromatic heterocycles. The molecule has 0 N–H and O–H groups in total. The molecule has 0 aliphatic carbocycles. The van der Waals surface area contributed by atoms with Crippen LogP contribution in [0.5, 0.6) is 5.75 Å². The van der Waals surface area contributed by atoms with E-state index in [4.69, 9.17) is 4.74 Å². The fraction of sp³-hybridized carbons (Fsp3) is 0.350. The molecule has 146 valence electrons. The second kappa shape index (κ2) is 7.37. The van der Waals surface area contributed by atoms with Gasteiger partial charge in [0.1, 0.15) is 5.75 Å². The van der Waals surface area contributed by atoms with Gasteiger partial charge in [-0.15, -0.1) is 11.3 Å². The van der Waals surface area contributed by atoms with Crippen LogP contribution in [0.2, 0.25) is 0 Å². The minimum atomic E-state index is -0.823. The Labute approximate surface area is 167 Å². The van der Waals surface area contributed by atoms with Crippen LogP contribution in [0.15, 0.2) is 35.7 Å². The largest absolute Gasteiger partial charge is 0.497 e. The summed E-state index contributed by atoms with van der Waals surface area (Å²) in [5, 5.41) is 2.08. The fourth-order valence-electron chi connectivity index (χ4n) is 3.87. The third-order valence-corrected chi connectivity index (χ3v) is 6.30. The summed E-state index contributed by atoms with van der Waals surface area (Å²) in [6.45, 7) is 2.95. The Morgan fingerprint density at radius 2 is 1.86 bits per heavy atom. The van der Waals surface area contributed by atoms with Crippen molar-refractivity contribution in [3.8, 4) is 5.75 Å². The van der Waals surface area contributed by atoms with Crippen molar-refractivity contribution in [3.05, 3.63) is 46.2 Å². The lowest BCUT2D eigenvalue weighted by Gasteiger charge is -2.36. The van der Waals surface area contributed by atoms with E-state index >= 15 is 0 Å². The molecule has 0 unspecified atom stereocenters. The monoisotopic (exact) mass is 399 g/mol. The zero-order chi connectivity index (χ0) is 19.8. The fourth-order valence-corrected chi connectivity index (χ4v) is 4.79. The number of benzene rings is 1. The van der Waals surface area contributed by atoms with Crippen LogP contribution in [0.1, 0.15) is 29.8 Å². The summed E-state index contributed by atoms with van der Waals surface area (Å²) in [4.78, 5) is 43.4. The molecule has 2 aliphatic rings. The van der Waals surface area contributed by atoms with E-state index in [0.717, 1.165) is 29.2 Å². The molecule has 0 spiro atoms. The first-order chi connectivity index (χ1) is 13.5. The zero-order valence-corrected chi connectivity index (χ0v) is 16.6. The molecule has 3 heterocycles. The highest BCUT2D eigenvalue weighted by Crippen LogP contribution is 2.36. The molecule has 28 heavy (non-hydrogen) atoms. The van der Waals surface area contributed by atoms with Crippen molar-refractivity contribution in [1.82, 2.24) is 9.80 Å². The lowest BCUT2D eigenvalue weighted by Crippen LogP contribution is -2.46. The number of carbonyl (C=O) groups excluding carboxylic acids is 3. The second-order valence-electron chi connectivity index (χ2n) is 6.78. The summed E-state index contributed by atoms with van der Waals surface area (Å²) in [5.74, 6) is -1.00. The van der Waals surface area contributed by atoms with E-state index < -0.39 is 17.8 Å². The van der Waals surface area contributed by atoms with Gasteiger partial charge < -0.3 is 4.74 Å². The van der Waals surface area contributed by atoms with Gasteiger partial charge in [-0.1, -0.05) is 6.92 Å². The SMILES string of the molecule is CC[C@@H]1c2ccsc2CCN1CN1C(=O)C(=O)N(c2ccc(OC)cc2)C1=O. The van der Waals surface area contributed by atoms with Gasteiger partial charge in [0.25, 0.3) is 0 Å². The quantitative estimate of drug-likeness (QED) is 0.571. The van der Waals surface area contributed by atoms with Gasteiger partial charge in [0.15, 0.2) is 0 Å². The molecule has 2 aliphatic heterocycles. The normalized spacial score (nSPS) is 20.1. The van der Waals surface area contributed by atoms with Crippen molar-refractivity contribution in [2.24, 2.45) is 0 Å². The first-order valence-corrected chi connectivity index (χ1v) is 10.1. The molecular formula is C20H21N3O4S. The van der Waals surface area contributed by atoms with E-state index in [1.807, 2.05) is 0 Å². The minimum absolute atomic E-state index is 0.115. The Balaban J connectivity index is 1.56. The van der Waals surface area contributed by atoms with Gasteiger partial charge in [0.05, 0.1) is 19.5 Å². The van der Waals surface area contributed by atoms with Crippen LogP contribution in [-0.4, -0.2) is 48.0 Å². The van der Waals surface area contributed by atoms with Crippen LogP contribution in [0.25, 0.3) is 0 Å². The number of anilines is 1. The number of nitrogens with zero attached hydrogens (tertiary/aromatic N) is 3. The van der Waals surface area contributed by atoms with E-state index in [9.17, 15) is 14.4 Å². The maximum Gasteiger partial charge on any atom is 0.340 e. The number of imide groups is 2. The molecule has 1 aromatic carbocycles. The van der Waals surface area contributed by atoms with Gasteiger partial charge >= 0.3 is 17.8 Å². The first-order valence-electron chi connectivity index (χ1n) is 9.19. The predicted molar refractivity (Wildman–Crippen MR) is 105 cm³/mol. The molecular weight excluding hydrogens is 378 g/mol. The molecule has 0 bridgehead atoms. The number of amides is 4. The predicted octanol–water partition coefficient (Wildman–Crippen LogP) is 3.02. The first kappa shape index (κ1) is 18.6. The number of hydrogen-bond acceptors (Lipinski definition) is 6. The molecule has 7 nitrogen and oxygen atoms in total. The Hall–Kier alpha value is -2.71. The van der Waals surface area contributed by atoms with Crippen LogP contribution in [0.3, 0.4) is 0 Å². The molecule has 1 saturated heterocycles. The van der Waals surface area contributed by atoms with E-state index in [2.05, 4.69) is 23.3 Å². The Bertz CT molecular complexity index is 924. The molecule has 4 rings (SSSR count). The minimum Gasteiger partial charge on any atom is -0.497 e. The van der Waals surface area contributed by atoms with Crippen molar-refractivity contribution in [2.45, 2.75) is 25.8 Å². The molecule has 2 aromatic rings. The van der Waals surface area contributed by atoms with E-state index in [1.165, 1.54) is 17.6 Å². The number of rotatable bonds is 5. The van der Waals surface area contributed by atoms with Crippen molar-refractivity contribution in [1.29, 1.82) is 0 Å². The van der Waals surface area contributed by atoms with Gasteiger partial charge in [0.2, 0.25) is 0 Å². The molecule has 8 heteroatoms. The van der Waals surface area contributed by atoms with Crippen molar-refractivity contribution in [3.63, 3.8) is 0 Å².